The van der Waals surface area contributed by atoms with Gasteiger partial charge in [0.15, 0.2) is 0 Å². The number of nitrogens with one attached hydrogen (secondary N) is 1. The molecule has 2 heterocycles. The van der Waals surface area contributed by atoms with E-state index in [0.29, 0.717) is 12.1 Å². The molecule has 33 heavy (non-hydrogen) atoms. The molecule has 1 aliphatic heterocycles. The summed E-state index contributed by atoms with van der Waals surface area (Å²) < 4.78 is 5.29. The van der Waals surface area contributed by atoms with Crippen LogP contribution in [-0.4, -0.2) is 62.2 Å². The van der Waals surface area contributed by atoms with E-state index >= 15 is 0 Å². The van der Waals surface area contributed by atoms with E-state index in [2.05, 4.69) is 51.3 Å². The number of hydrogen-bond donors (Lipinski definition) is 1. The van der Waals surface area contributed by atoms with Gasteiger partial charge in [-0.25, -0.2) is 0 Å². The highest BCUT2D eigenvalue weighted by Gasteiger charge is 2.17. The maximum absolute atomic E-state index is 12.7. The van der Waals surface area contributed by atoms with Crippen molar-refractivity contribution in [3.63, 3.8) is 0 Å². The number of piperazine rings is 1. The number of ether oxygens (including phenoxy) is 1. The largest absolute Gasteiger partial charge is 0.497 e. The number of benzene rings is 2. The van der Waals surface area contributed by atoms with Gasteiger partial charge in [0.25, 0.3) is 5.91 Å². The lowest BCUT2D eigenvalue weighted by molar-refractivity contribution is 0.0951. The quantitative estimate of drug-likeness (QED) is 0.526. The highest BCUT2D eigenvalue weighted by molar-refractivity contribution is 5.98. The predicted molar refractivity (Wildman–Crippen MR) is 134 cm³/mol. The van der Waals surface area contributed by atoms with Gasteiger partial charge in [-0.05, 0) is 75.2 Å². The minimum atomic E-state index is -0.0588. The lowest BCUT2D eigenvalue weighted by atomic mass is 10.1. The SMILES string of the molecule is COc1ccc2nc(C)c(C(=O)NCCCCN3CCN(c4cccc(C)c4)CC3)cc2c1. The maximum atomic E-state index is 12.7. The number of aryl methyl sites for hydroxylation is 2. The summed E-state index contributed by atoms with van der Waals surface area (Å²) in [7, 11) is 1.64. The van der Waals surface area contributed by atoms with Gasteiger partial charge in [-0.1, -0.05) is 12.1 Å². The number of nitrogens with zero attached hydrogens (tertiary/aromatic N) is 3. The smallest absolute Gasteiger partial charge is 0.253 e. The molecule has 0 saturated carbocycles. The first-order valence-electron chi connectivity index (χ1n) is 11.8. The number of amides is 1. The molecule has 174 valence electrons. The van der Waals surface area contributed by atoms with Crippen LogP contribution in [0.5, 0.6) is 5.75 Å². The van der Waals surface area contributed by atoms with Gasteiger partial charge in [0.2, 0.25) is 0 Å². The molecule has 0 bridgehead atoms. The van der Waals surface area contributed by atoms with Gasteiger partial charge in [-0.15, -0.1) is 0 Å². The Morgan fingerprint density at radius 2 is 1.85 bits per heavy atom. The van der Waals surface area contributed by atoms with Crippen LogP contribution >= 0.6 is 0 Å². The molecule has 0 spiro atoms. The fourth-order valence-corrected chi connectivity index (χ4v) is 4.42. The number of carbonyl (C=O) groups excluding carboxylic acids is 1. The minimum Gasteiger partial charge on any atom is -0.497 e. The minimum absolute atomic E-state index is 0.0588. The van der Waals surface area contributed by atoms with E-state index in [4.69, 9.17) is 4.74 Å². The van der Waals surface area contributed by atoms with Crippen molar-refractivity contribution >= 4 is 22.5 Å². The standard InChI is InChI=1S/C27H34N4O2/c1-20-7-6-8-23(17-20)31-15-13-30(14-16-31)12-5-4-11-28-27(32)25-19-22-18-24(33-3)9-10-26(22)29-21(25)2/h6-10,17-19H,4-5,11-16H2,1-3H3,(H,28,32). The average Bonchev–Trinajstić information content (AvgIpc) is 2.83. The third-order valence-corrected chi connectivity index (χ3v) is 6.38. The number of rotatable bonds is 8. The molecule has 3 aromatic rings. The summed E-state index contributed by atoms with van der Waals surface area (Å²) in [6.07, 6.45) is 2.05. The summed E-state index contributed by atoms with van der Waals surface area (Å²) >= 11 is 0. The molecule has 1 aromatic heterocycles. The van der Waals surface area contributed by atoms with Gasteiger partial charge in [0.1, 0.15) is 5.75 Å². The van der Waals surface area contributed by atoms with Crippen molar-refractivity contribution in [2.75, 3.05) is 51.3 Å². The molecule has 6 heteroatoms. The van der Waals surface area contributed by atoms with Gasteiger partial charge in [-0.3, -0.25) is 14.7 Å². The normalized spacial score (nSPS) is 14.5. The van der Waals surface area contributed by atoms with Gasteiger partial charge >= 0.3 is 0 Å². The zero-order chi connectivity index (χ0) is 23.2. The Hall–Kier alpha value is -3.12. The molecule has 0 radical (unpaired) electrons. The Balaban J connectivity index is 1.20. The average molecular weight is 447 g/mol. The fraction of sp³-hybridized carbons (Fsp3) is 0.407. The van der Waals surface area contributed by atoms with Crippen molar-refractivity contribution in [2.24, 2.45) is 0 Å². The van der Waals surface area contributed by atoms with Crippen LogP contribution in [0, 0.1) is 13.8 Å². The summed E-state index contributed by atoms with van der Waals surface area (Å²) in [5.41, 5.74) is 4.88. The van der Waals surface area contributed by atoms with E-state index in [1.807, 2.05) is 31.2 Å². The van der Waals surface area contributed by atoms with Crippen molar-refractivity contribution in [3.05, 3.63) is 65.4 Å². The van der Waals surface area contributed by atoms with E-state index in [0.717, 1.165) is 67.9 Å². The molecule has 1 fully saturated rings. The van der Waals surface area contributed by atoms with E-state index < -0.39 is 0 Å². The maximum Gasteiger partial charge on any atom is 0.253 e. The molecule has 1 aliphatic rings. The summed E-state index contributed by atoms with van der Waals surface area (Å²) in [5.74, 6) is 0.704. The molecule has 1 amide bonds. The highest BCUT2D eigenvalue weighted by Crippen LogP contribution is 2.22. The lowest BCUT2D eigenvalue weighted by Gasteiger charge is -2.36. The number of anilines is 1. The number of fused-ring (bicyclic) bond motifs is 1. The summed E-state index contributed by atoms with van der Waals surface area (Å²) in [6, 6.07) is 16.4. The molecule has 0 unspecified atom stereocenters. The topological polar surface area (TPSA) is 57.7 Å². The van der Waals surface area contributed by atoms with Gasteiger partial charge in [0.05, 0.1) is 23.9 Å². The molecule has 0 atom stereocenters. The second-order valence-electron chi connectivity index (χ2n) is 8.81. The molecule has 0 aliphatic carbocycles. The van der Waals surface area contributed by atoms with Gasteiger partial charge in [0, 0.05) is 43.8 Å². The van der Waals surface area contributed by atoms with Crippen LogP contribution in [0.1, 0.15) is 34.5 Å². The van der Waals surface area contributed by atoms with Gasteiger partial charge in [-0.2, -0.15) is 0 Å². The van der Waals surface area contributed by atoms with Crippen LogP contribution in [0.4, 0.5) is 5.69 Å². The second-order valence-corrected chi connectivity index (χ2v) is 8.81. The summed E-state index contributed by atoms with van der Waals surface area (Å²) in [4.78, 5) is 22.3. The first-order chi connectivity index (χ1) is 16.0. The van der Waals surface area contributed by atoms with Crippen molar-refractivity contribution in [2.45, 2.75) is 26.7 Å². The molecule has 2 aromatic carbocycles. The molecule has 1 N–H and O–H groups in total. The molecular formula is C27H34N4O2. The van der Waals surface area contributed by atoms with Crippen molar-refractivity contribution in [1.29, 1.82) is 0 Å². The van der Waals surface area contributed by atoms with Crippen molar-refractivity contribution in [1.82, 2.24) is 15.2 Å². The number of carbonyl (C=O) groups is 1. The van der Waals surface area contributed by atoms with Crippen LogP contribution < -0.4 is 15.0 Å². The zero-order valence-electron chi connectivity index (χ0n) is 19.9. The second kappa shape index (κ2) is 10.7. The summed E-state index contributed by atoms with van der Waals surface area (Å²) in [6.45, 7) is 10.1. The van der Waals surface area contributed by atoms with Crippen molar-refractivity contribution < 1.29 is 9.53 Å². The molecule has 6 nitrogen and oxygen atoms in total. The van der Waals surface area contributed by atoms with Crippen LogP contribution in [0.3, 0.4) is 0 Å². The van der Waals surface area contributed by atoms with Crippen LogP contribution in [0.15, 0.2) is 48.5 Å². The number of hydrogen-bond acceptors (Lipinski definition) is 5. The van der Waals surface area contributed by atoms with E-state index in [1.165, 1.54) is 11.3 Å². The Morgan fingerprint density at radius 1 is 1.03 bits per heavy atom. The Morgan fingerprint density at radius 3 is 2.61 bits per heavy atom. The first kappa shape index (κ1) is 23.1. The molecule has 1 saturated heterocycles. The zero-order valence-corrected chi connectivity index (χ0v) is 19.9. The van der Waals surface area contributed by atoms with E-state index in [9.17, 15) is 4.79 Å². The summed E-state index contributed by atoms with van der Waals surface area (Å²) in [5, 5.41) is 3.98. The van der Waals surface area contributed by atoms with Crippen LogP contribution in [-0.2, 0) is 0 Å². The number of methoxy groups -OCH3 is 1. The monoisotopic (exact) mass is 446 g/mol. The Bertz CT molecular complexity index is 1110. The van der Waals surface area contributed by atoms with Crippen LogP contribution in [0.2, 0.25) is 0 Å². The predicted octanol–water partition coefficient (Wildman–Crippen LogP) is 4.19. The Kier molecular flexibility index (Phi) is 7.45. The number of pyridine rings is 1. The number of unbranched alkanes of at least 4 members (excludes halogenated alkanes) is 1. The van der Waals surface area contributed by atoms with Gasteiger partial charge < -0.3 is 15.0 Å². The first-order valence-corrected chi connectivity index (χ1v) is 11.8. The molecular weight excluding hydrogens is 412 g/mol. The molecule has 4 rings (SSSR count). The van der Waals surface area contributed by atoms with E-state index in [1.54, 1.807) is 7.11 Å². The lowest BCUT2D eigenvalue weighted by Crippen LogP contribution is -2.46. The Labute approximate surface area is 196 Å². The van der Waals surface area contributed by atoms with E-state index in [-0.39, 0.29) is 5.91 Å². The van der Waals surface area contributed by atoms with Crippen molar-refractivity contribution in [3.8, 4) is 5.75 Å². The number of aromatic nitrogens is 1. The van der Waals surface area contributed by atoms with Crippen LogP contribution in [0.25, 0.3) is 10.9 Å². The third kappa shape index (κ3) is 5.82. The highest BCUT2D eigenvalue weighted by atomic mass is 16.5. The fourth-order valence-electron chi connectivity index (χ4n) is 4.42. The third-order valence-electron chi connectivity index (χ3n) is 6.38.